The van der Waals surface area contributed by atoms with E-state index in [1.165, 1.54) is 16.7 Å². The predicted molar refractivity (Wildman–Crippen MR) is 123 cm³/mol. The lowest BCUT2D eigenvalue weighted by Crippen LogP contribution is -2.51. The lowest BCUT2D eigenvalue weighted by molar-refractivity contribution is -0.141. The highest BCUT2D eigenvalue weighted by atomic mass is 16.2. The Morgan fingerprint density at radius 1 is 0.900 bits per heavy atom. The van der Waals surface area contributed by atoms with Crippen molar-refractivity contribution < 1.29 is 9.59 Å². The minimum Gasteiger partial charge on any atom is -0.352 e. The molecule has 0 saturated carbocycles. The summed E-state index contributed by atoms with van der Waals surface area (Å²) < 4.78 is 0. The maximum Gasteiger partial charge on any atom is 0.243 e. The number of hydrogen-bond donors (Lipinski definition) is 1. The van der Waals surface area contributed by atoms with E-state index in [2.05, 4.69) is 31.3 Å². The van der Waals surface area contributed by atoms with Crippen LogP contribution in [0.4, 0.5) is 0 Å². The van der Waals surface area contributed by atoms with Gasteiger partial charge in [0.15, 0.2) is 0 Å². The smallest absolute Gasteiger partial charge is 0.243 e. The topological polar surface area (TPSA) is 49.4 Å². The van der Waals surface area contributed by atoms with E-state index in [0.717, 1.165) is 17.5 Å². The first kappa shape index (κ1) is 23.7. The van der Waals surface area contributed by atoms with Crippen molar-refractivity contribution >= 4 is 11.8 Å². The fourth-order valence-corrected chi connectivity index (χ4v) is 3.44. The summed E-state index contributed by atoms with van der Waals surface area (Å²) in [6, 6.07) is 13.9. The Labute approximate surface area is 181 Å². The van der Waals surface area contributed by atoms with Crippen LogP contribution in [-0.2, 0) is 22.6 Å². The number of benzene rings is 2. The Morgan fingerprint density at radius 2 is 1.53 bits per heavy atom. The Hall–Kier alpha value is -2.62. The van der Waals surface area contributed by atoms with Gasteiger partial charge in [0.1, 0.15) is 6.04 Å². The Morgan fingerprint density at radius 3 is 2.10 bits per heavy atom. The second-order valence-corrected chi connectivity index (χ2v) is 8.34. The first-order valence-electron chi connectivity index (χ1n) is 11.0. The molecule has 4 nitrogen and oxygen atoms in total. The minimum absolute atomic E-state index is 0.0232. The summed E-state index contributed by atoms with van der Waals surface area (Å²) in [5.41, 5.74) is 5.57. The summed E-state index contributed by atoms with van der Waals surface area (Å²) in [6.45, 7) is 12.6. The van der Waals surface area contributed by atoms with E-state index in [4.69, 9.17) is 0 Å². The molecule has 0 radical (unpaired) electrons. The van der Waals surface area contributed by atoms with E-state index in [0.29, 0.717) is 19.4 Å². The summed E-state index contributed by atoms with van der Waals surface area (Å²) in [7, 11) is 0. The monoisotopic (exact) mass is 408 g/mol. The summed E-state index contributed by atoms with van der Waals surface area (Å²) in [6.07, 6.45) is 1.73. The molecule has 0 bridgehead atoms. The molecule has 2 rings (SSSR count). The van der Waals surface area contributed by atoms with Crippen molar-refractivity contribution in [2.24, 2.45) is 0 Å². The molecule has 162 valence electrons. The predicted octanol–water partition coefficient (Wildman–Crippen LogP) is 4.88. The average Bonchev–Trinajstić information content (AvgIpc) is 2.71. The zero-order chi connectivity index (χ0) is 22.3. The summed E-state index contributed by atoms with van der Waals surface area (Å²) >= 11 is 0. The molecule has 2 amide bonds. The van der Waals surface area contributed by atoms with Crippen LogP contribution in [0.25, 0.3) is 0 Å². The maximum absolute atomic E-state index is 13.4. The van der Waals surface area contributed by atoms with Gasteiger partial charge in [-0.05, 0) is 62.8 Å². The van der Waals surface area contributed by atoms with Gasteiger partial charge in [-0.15, -0.1) is 0 Å². The van der Waals surface area contributed by atoms with E-state index < -0.39 is 6.04 Å². The number of rotatable bonds is 9. The number of nitrogens with one attached hydrogen (secondary N) is 1. The van der Waals surface area contributed by atoms with E-state index in [1.807, 2.05) is 58.0 Å². The van der Waals surface area contributed by atoms with Gasteiger partial charge >= 0.3 is 0 Å². The first-order valence-corrected chi connectivity index (χ1v) is 11.0. The molecule has 4 heteroatoms. The van der Waals surface area contributed by atoms with Gasteiger partial charge < -0.3 is 10.2 Å². The normalized spacial score (nSPS) is 12.9. The van der Waals surface area contributed by atoms with Crippen molar-refractivity contribution in [3.8, 4) is 0 Å². The van der Waals surface area contributed by atoms with Crippen LogP contribution in [0.2, 0.25) is 0 Å². The molecule has 0 fully saturated rings. The standard InChI is InChI=1S/C26H36N2O2/c1-7-21(6)27-26(30)24(8-2)28(17-22-12-9-18(3)10-13-22)25(29)16-23-14-11-19(4)20(5)15-23/h9-15,21,24H,7-8,16-17H2,1-6H3,(H,27,30)/t21-,24+/m1/s1. The third-order valence-corrected chi connectivity index (χ3v) is 5.79. The number of carbonyl (C=O) groups excluding carboxylic acids is 2. The third kappa shape index (κ3) is 6.45. The van der Waals surface area contributed by atoms with E-state index in [1.54, 1.807) is 4.90 Å². The molecule has 0 aromatic heterocycles. The Kier molecular flexibility index (Phi) is 8.64. The fraction of sp³-hybridized carbons (Fsp3) is 0.462. The highest BCUT2D eigenvalue weighted by Crippen LogP contribution is 2.17. The quantitative estimate of drug-likeness (QED) is 0.643. The van der Waals surface area contributed by atoms with Crippen molar-refractivity contribution in [3.63, 3.8) is 0 Å². The van der Waals surface area contributed by atoms with Crippen molar-refractivity contribution in [2.45, 2.75) is 79.4 Å². The number of hydrogen-bond acceptors (Lipinski definition) is 2. The van der Waals surface area contributed by atoms with Gasteiger partial charge in [0.05, 0.1) is 6.42 Å². The van der Waals surface area contributed by atoms with E-state index >= 15 is 0 Å². The molecular weight excluding hydrogens is 372 g/mol. The van der Waals surface area contributed by atoms with Gasteiger partial charge in [-0.3, -0.25) is 9.59 Å². The minimum atomic E-state index is -0.487. The van der Waals surface area contributed by atoms with Gasteiger partial charge in [0, 0.05) is 12.6 Å². The lowest BCUT2D eigenvalue weighted by atomic mass is 10.0. The highest BCUT2D eigenvalue weighted by molar-refractivity contribution is 5.88. The summed E-state index contributed by atoms with van der Waals surface area (Å²) in [5, 5.41) is 3.06. The van der Waals surface area contributed by atoms with Crippen molar-refractivity contribution in [2.75, 3.05) is 0 Å². The molecule has 0 unspecified atom stereocenters. The number of nitrogens with zero attached hydrogens (tertiary/aromatic N) is 1. The average molecular weight is 409 g/mol. The van der Waals surface area contributed by atoms with Crippen LogP contribution >= 0.6 is 0 Å². The van der Waals surface area contributed by atoms with Crippen LogP contribution in [-0.4, -0.2) is 28.8 Å². The number of amides is 2. The largest absolute Gasteiger partial charge is 0.352 e. The second-order valence-electron chi connectivity index (χ2n) is 8.34. The maximum atomic E-state index is 13.4. The van der Waals surface area contributed by atoms with Crippen LogP contribution < -0.4 is 5.32 Å². The van der Waals surface area contributed by atoms with Crippen molar-refractivity contribution in [1.29, 1.82) is 0 Å². The van der Waals surface area contributed by atoms with Crippen LogP contribution in [0.1, 0.15) is 61.4 Å². The first-order chi connectivity index (χ1) is 14.2. The molecule has 2 atom stereocenters. The van der Waals surface area contributed by atoms with E-state index in [-0.39, 0.29) is 17.9 Å². The third-order valence-electron chi connectivity index (χ3n) is 5.79. The molecule has 0 heterocycles. The zero-order valence-corrected chi connectivity index (χ0v) is 19.3. The summed E-state index contributed by atoms with van der Waals surface area (Å²) in [5.74, 6) is -0.0997. The molecule has 0 saturated heterocycles. The molecule has 0 aliphatic heterocycles. The lowest BCUT2D eigenvalue weighted by Gasteiger charge is -2.31. The summed E-state index contributed by atoms with van der Waals surface area (Å²) in [4.78, 5) is 28.1. The molecule has 0 aliphatic rings. The molecule has 2 aromatic rings. The van der Waals surface area contributed by atoms with Gasteiger partial charge in [-0.25, -0.2) is 0 Å². The molecule has 30 heavy (non-hydrogen) atoms. The Balaban J connectivity index is 2.30. The zero-order valence-electron chi connectivity index (χ0n) is 19.3. The number of carbonyl (C=O) groups is 2. The van der Waals surface area contributed by atoms with Crippen LogP contribution in [0, 0.1) is 20.8 Å². The van der Waals surface area contributed by atoms with Gasteiger partial charge in [0.2, 0.25) is 11.8 Å². The van der Waals surface area contributed by atoms with Gasteiger partial charge in [0.25, 0.3) is 0 Å². The van der Waals surface area contributed by atoms with Crippen molar-refractivity contribution in [3.05, 3.63) is 70.3 Å². The molecule has 0 aliphatic carbocycles. The van der Waals surface area contributed by atoms with Crippen LogP contribution in [0.5, 0.6) is 0 Å². The van der Waals surface area contributed by atoms with Gasteiger partial charge in [-0.2, -0.15) is 0 Å². The second kappa shape index (κ2) is 11.0. The number of aryl methyl sites for hydroxylation is 3. The molecule has 0 spiro atoms. The Bertz CT molecular complexity index is 858. The SMILES string of the molecule is CC[C@@H](C)NC(=O)[C@H](CC)N(Cc1ccc(C)cc1)C(=O)Cc1ccc(C)c(C)c1. The van der Waals surface area contributed by atoms with Gasteiger partial charge in [-0.1, -0.05) is 61.9 Å². The molecule has 2 aromatic carbocycles. The van der Waals surface area contributed by atoms with Crippen molar-refractivity contribution in [1.82, 2.24) is 10.2 Å². The fourth-order valence-electron chi connectivity index (χ4n) is 3.44. The highest BCUT2D eigenvalue weighted by Gasteiger charge is 2.29. The van der Waals surface area contributed by atoms with Crippen LogP contribution in [0.15, 0.2) is 42.5 Å². The molecular formula is C26H36N2O2. The van der Waals surface area contributed by atoms with Crippen LogP contribution in [0.3, 0.4) is 0 Å². The van der Waals surface area contributed by atoms with E-state index in [9.17, 15) is 9.59 Å². The molecule has 1 N–H and O–H groups in total.